The summed E-state index contributed by atoms with van der Waals surface area (Å²) in [6, 6.07) is 4.32. The molecule has 1 atom stereocenters. The number of carbonyl (C=O) groups is 5. The number of nitrogens with one attached hydrogen (secondary N) is 3. The van der Waals surface area contributed by atoms with Crippen LogP contribution in [0.3, 0.4) is 0 Å². The molecule has 1 aromatic carbocycles. The predicted molar refractivity (Wildman–Crippen MR) is 143 cm³/mol. The zero-order valence-electron chi connectivity index (χ0n) is 22.8. The van der Waals surface area contributed by atoms with Crippen molar-refractivity contribution in [3.05, 3.63) is 53.0 Å². The van der Waals surface area contributed by atoms with Gasteiger partial charge in [0.05, 0.1) is 5.56 Å². The van der Waals surface area contributed by atoms with E-state index in [0.717, 1.165) is 10.5 Å². The zero-order chi connectivity index (χ0) is 29.4. The number of rotatable bonds is 11. The highest BCUT2D eigenvalue weighted by atomic mass is 16.7. The topological polar surface area (TPSA) is 173 Å². The van der Waals surface area contributed by atoms with E-state index in [-0.39, 0.29) is 18.0 Å². The first-order valence-electron chi connectivity index (χ1n) is 12.5. The number of aromatic nitrogens is 3. The first-order chi connectivity index (χ1) is 19.1. The van der Waals surface area contributed by atoms with Gasteiger partial charge in [0.15, 0.2) is 5.82 Å². The minimum absolute atomic E-state index is 0.0249. The minimum Gasteiger partial charge on any atom is -0.426 e. The molecule has 0 aliphatic heterocycles. The molecular weight excluding hydrogens is 522 g/mol. The highest BCUT2D eigenvalue weighted by Crippen LogP contribution is 2.28. The largest absolute Gasteiger partial charge is 0.426 e. The van der Waals surface area contributed by atoms with E-state index in [4.69, 9.17) is 9.47 Å². The molecule has 1 unspecified atom stereocenters. The Morgan fingerprint density at radius 2 is 1.90 bits per heavy atom. The van der Waals surface area contributed by atoms with E-state index in [2.05, 4.69) is 26.0 Å². The molecule has 0 bridgehead atoms. The summed E-state index contributed by atoms with van der Waals surface area (Å²) < 4.78 is 11.2. The number of hydrogen-bond acceptors (Lipinski definition) is 10. The first-order valence-corrected chi connectivity index (χ1v) is 12.5. The summed E-state index contributed by atoms with van der Waals surface area (Å²) in [5.41, 5.74) is 3.14. The molecule has 0 radical (unpaired) electrons. The fourth-order valence-corrected chi connectivity index (χ4v) is 3.77. The van der Waals surface area contributed by atoms with E-state index in [1.165, 1.54) is 24.0 Å². The standard InChI is InChI=1S/C26H31N7O7/c1-6-27-23(35)18-9-8-15(3)20(10-18)31-22-21-16(4)19(11-33(21)30-12-28-22)24(36)32(7-2)26(38)40-14-39-25(37)17(5)29-13-34/h8-13,17H,6-7,14H2,1-5H3,(H,27,35)(H,29,34)(H,28,30,31). The van der Waals surface area contributed by atoms with Crippen LogP contribution in [0, 0.1) is 13.8 Å². The average Bonchev–Trinajstić information content (AvgIpc) is 3.27. The van der Waals surface area contributed by atoms with Gasteiger partial charge >= 0.3 is 12.1 Å². The van der Waals surface area contributed by atoms with E-state index in [1.807, 2.05) is 19.9 Å². The second-order valence-corrected chi connectivity index (χ2v) is 8.63. The molecule has 212 valence electrons. The van der Waals surface area contributed by atoms with Crippen LogP contribution in [-0.4, -0.2) is 75.7 Å². The van der Waals surface area contributed by atoms with Gasteiger partial charge in [-0.05, 0) is 57.9 Å². The fourth-order valence-electron chi connectivity index (χ4n) is 3.77. The van der Waals surface area contributed by atoms with Crippen LogP contribution in [0.5, 0.6) is 0 Å². The molecule has 40 heavy (non-hydrogen) atoms. The smallest absolute Gasteiger partial charge is 0.419 e. The number of nitrogens with zero attached hydrogens (tertiary/aromatic N) is 4. The molecule has 0 spiro atoms. The lowest BCUT2D eigenvalue weighted by molar-refractivity contribution is -0.154. The molecule has 3 aromatic rings. The Morgan fingerprint density at radius 3 is 2.58 bits per heavy atom. The van der Waals surface area contributed by atoms with Crippen LogP contribution in [-0.2, 0) is 19.1 Å². The number of aryl methyl sites for hydroxylation is 2. The second kappa shape index (κ2) is 13.2. The molecule has 2 heterocycles. The Kier molecular flexibility index (Phi) is 9.73. The Hall–Kier alpha value is -5.01. The second-order valence-electron chi connectivity index (χ2n) is 8.63. The third-order valence-corrected chi connectivity index (χ3v) is 5.98. The van der Waals surface area contributed by atoms with Gasteiger partial charge in [0.2, 0.25) is 13.2 Å². The van der Waals surface area contributed by atoms with Gasteiger partial charge in [-0.2, -0.15) is 5.10 Å². The maximum atomic E-state index is 13.3. The third-order valence-electron chi connectivity index (χ3n) is 5.98. The van der Waals surface area contributed by atoms with Crippen molar-refractivity contribution < 1.29 is 33.4 Å². The highest BCUT2D eigenvalue weighted by molar-refractivity contribution is 6.05. The molecule has 14 heteroatoms. The molecule has 3 N–H and O–H groups in total. The summed E-state index contributed by atoms with van der Waals surface area (Å²) in [4.78, 5) is 65.7. The van der Waals surface area contributed by atoms with E-state index in [9.17, 15) is 24.0 Å². The average molecular weight is 554 g/mol. The lowest BCUT2D eigenvalue weighted by Gasteiger charge is -2.18. The summed E-state index contributed by atoms with van der Waals surface area (Å²) in [6.45, 7) is 8.12. The summed E-state index contributed by atoms with van der Waals surface area (Å²) in [5.74, 6) is -1.29. The zero-order valence-corrected chi connectivity index (χ0v) is 22.8. The number of amides is 4. The van der Waals surface area contributed by atoms with Crippen molar-refractivity contribution in [2.75, 3.05) is 25.2 Å². The van der Waals surface area contributed by atoms with Gasteiger partial charge in [0, 0.05) is 30.5 Å². The van der Waals surface area contributed by atoms with Gasteiger partial charge in [-0.15, -0.1) is 0 Å². The fraction of sp³-hybridized carbons (Fsp3) is 0.346. The number of carbonyl (C=O) groups excluding carboxylic acids is 5. The van der Waals surface area contributed by atoms with Crippen LogP contribution in [0.2, 0.25) is 0 Å². The molecule has 0 aliphatic rings. The van der Waals surface area contributed by atoms with Gasteiger partial charge in [0.1, 0.15) is 17.9 Å². The van der Waals surface area contributed by atoms with Crippen LogP contribution < -0.4 is 16.0 Å². The third kappa shape index (κ3) is 6.51. The maximum absolute atomic E-state index is 13.3. The Labute approximate surface area is 230 Å². The molecule has 0 saturated carbocycles. The SMILES string of the molecule is CCNC(=O)c1ccc(C)c(Nc2ncnn3cc(C(=O)N(CC)C(=O)OCOC(=O)C(C)NC=O)c(C)c23)c1. The van der Waals surface area contributed by atoms with Gasteiger partial charge in [-0.1, -0.05) is 6.07 Å². The molecule has 4 amide bonds. The highest BCUT2D eigenvalue weighted by Gasteiger charge is 2.27. The van der Waals surface area contributed by atoms with Gasteiger partial charge < -0.3 is 25.4 Å². The molecule has 0 fully saturated rings. The van der Waals surface area contributed by atoms with Crippen molar-refractivity contribution in [2.45, 2.75) is 40.7 Å². The number of imide groups is 1. The van der Waals surface area contributed by atoms with Crippen LogP contribution in [0.4, 0.5) is 16.3 Å². The number of fused-ring (bicyclic) bond motifs is 1. The molecular formula is C26H31N7O7. The summed E-state index contributed by atoms with van der Waals surface area (Å²) in [6.07, 6.45) is 2.11. The molecule has 3 rings (SSSR count). The normalized spacial score (nSPS) is 11.3. The van der Waals surface area contributed by atoms with Crippen molar-refractivity contribution in [1.82, 2.24) is 30.1 Å². The quantitative estimate of drug-likeness (QED) is 0.181. The lowest BCUT2D eigenvalue weighted by atomic mass is 10.1. The van der Waals surface area contributed by atoms with Gasteiger partial charge in [-0.25, -0.2) is 24.0 Å². The van der Waals surface area contributed by atoms with E-state index in [1.54, 1.807) is 26.0 Å². The predicted octanol–water partition coefficient (Wildman–Crippen LogP) is 2.07. The summed E-state index contributed by atoms with van der Waals surface area (Å²) >= 11 is 0. The number of ether oxygens (including phenoxy) is 2. The summed E-state index contributed by atoms with van der Waals surface area (Å²) in [7, 11) is 0. The number of esters is 1. The van der Waals surface area contributed by atoms with Gasteiger partial charge in [0.25, 0.3) is 11.8 Å². The van der Waals surface area contributed by atoms with Crippen molar-refractivity contribution >= 4 is 47.3 Å². The van der Waals surface area contributed by atoms with E-state index >= 15 is 0 Å². The molecule has 14 nitrogen and oxygen atoms in total. The minimum atomic E-state index is -1.02. The van der Waals surface area contributed by atoms with Crippen molar-refractivity contribution in [1.29, 1.82) is 0 Å². The first kappa shape index (κ1) is 29.5. The molecule has 2 aromatic heterocycles. The van der Waals surface area contributed by atoms with Crippen molar-refractivity contribution in [2.24, 2.45) is 0 Å². The van der Waals surface area contributed by atoms with E-state index in [0.29, 0.717) is 41.1 Å². The van der Waals surface area contributed by atoms with Crippen molar-refractivity contribution in [3.63, 3.8) is 0 Å². The lowest BCUT2D eigenvalue weighted by Crippen LogP contribution is -2.39. The summed E-state index contributed by atoms with van der Waals surface area (Å²) in [5, 5.41) is 12.4. The van der Waals surface area contributed by atoms with Crippen LogP contribution in [0.25, 0.3) is 5.52 Å². The molecule has 0 aliphatic carbocycles. The van der Waals surface area contributed by atoms with Crippen LogP contribution >= 0.6 is 0 Å². The Morgan fingerprint density at radius 1 is 1.15 bits per heavy atom. The maximum Gasteiger partial charge on any atom is 0.419 e. The van der Waals surface area contributed by atoms with E-state index < -0.39 is 30.8 Å². The van der Waals surface area contributed by atoms with Crippen LogP contribution in [0.1, 0.15) is 52.6 Å². The Bertz CT molecular complexity index is 1440. The Balaban J connectivity index is 1.83. The number of benzene rings is 1. The monoisotopic (exact) mass is 553 g/mol. The number of anilines is 2. The van der Waals surface area contributed by atoms with Gasteiger partial charge in [-0.3, -0.25) is 14.4 Å². The number of hydrogen-bond donors (Lipinski definition) is 3. The molecule has 0 saturated heterocycles. The van der Waals surface area contributed by atoms with Crippen LogP contribution in [0.15, 0.2) is 30.7 Å². The van der Waals surface area contributed by atoms with Crippen molar-refractivity contribution in [3.8, 4) is 0 Å².